The summed E-state index contributed by atoms with van der Waals surface area (Å²) in [6, 6.07) is 87.1. The predicted octanol–water partition coefficient (Wildman–Crippen LogP) is 16.8. The van der Waals surface area contributed by atoms with Gasteiger partial charge in [-0.3, -0.25) is 0 Å². The molecule has 2 aromatic heterocycles. The molecule has 12 aromatic rings. The van der Waals surface area contributed by atoms with E-state index in [1.165, 1.54) is 44.1 Å². The van der Waals surface area contributed by atoms with Crippen molar-refractivity contribution in [3.8, 4) is 50.2 Å². The van der Waals surface area contributed by atoms with Gasteiger partial charge in [-0.15, -0.1) is 0 Å². The Balaban J connectivity index is 1.06. The zero-order chi connectivity index (χ0) is 41.7. The number of fused-ring (bicyclic) bond motifs is 6. The fourth-order valence-corrected chi connectivity index (χ4v) is 9.67. The monoisotopic (exact) mass is 804 g/mol. The van der Waals surface area contributed by atoms with Crippen molar-refractivity contribution in [1.82, 2.24) is 4.57 Å². The van der Waals surface area contributed by atoms with Gasteiger partial charge in [0.15, 0.2) is 0 Å². The Kier molecular flexibility index (Phi) is 8.83. The molecular formula is C60H40N2O. The molecule has 3 nitrogen and oxygen atoms in total. The lowest BCUT2D eigenvalue weighted by Gasteiger charge is -2.29. The average molecular weight is 805 g/mol. The Labute approximate surface area is 366 Å². The maximum atomic E-state index is 6.52. The topological polar surface area (TPSA) is 21.3 Å². The first-order valence-corrected chi connectivity index (χ1v) is 21.5. The molecule has 0 fully saturated rings. The van der Waals surface area contributed by atoms with Crippen LogP contribution in [0.25, 0.3) is 93.9 Å². The third-order valence-electron chi connectivity index (χ3n) is 12.4. The largest absolute Gasteiger partial charge is 0.456 e. The van der Waals surface area contributed by atoms with E-state index in [-0.39, 0.29) is 0 Å². The first-order chi connectivity index (χ1) is 31.3. The number of furan rings is 1. The Hall–Kier alpha value is -8.40. The molecule has 10 aromatic carbocycles. The third-order valence-corrected chi connectivity index (χ3v) is 12.4. The highest BCUT2D eigenvalue weighted by Gasteiger charge is 2.24. The molecular weight excluding hydrogens is 765 g/mol. The summed E-state index contributed by atoms with van der Waals surface area (Å²) in [5.74, 6) is 0. The summed E-state index contributed by atoms with van der Waals surface area (Å²) in [5, 5.41) is 4.66. The maximum absolute atomic E-state index is 6.52. The third kappa shape index (κ3) is 6.13. The van der Waals surface area contributed by atoms with E-state index >= 15 is 0 Å². The van der Waals surface area contributed by atoms with Crippen LogP contribution in [0, 0.1) is 0 Å². The molecule has 0 atom stereocenters. The van der Waals surface area contributed by atoms with Gasteiger partial charge in [-0.2, -0.15) is 0 Å². The van der Waals surface area contributed by atoms with Gasteiger partial charge < -0.3 is 13.9 Å². The SMILES string of the molecule is c1ccc(-c2ccccc2-c2ccccc2-c2ccccc2N(c2ccc(-c3ccccc3-n3c4ccccc4c4ccccc43)cc2)c2cccc3oc4ccccc4c23)cc1. The van der Waals surface area contributed by atoms with E-state index in [1.54, 1.807) is 0 Å². The molecule has 63 heavy (non-hydrogen) atoms. The van der Waals surface area contributed by atoms with E-state index in [0.717, 1.165) is 66.9 Å². The van der Waals surface area contributed by atoms with Gasteiger partial charge in [0.1, 0.15) is 11.2 Å². The molecule has 0 saturated heterocycles. The van der Waals surface area contributed by atoms with E-state index in [2.05, 4.69) is 246 Å². The Morgan fingerprint density at radius 1 is 0.302 bits per heavy atom. The van der Waals surface area contributed by atoms with Gasteiger partial charge in [-0.25, -0.2) is 0 Å². The first-order valence-electron chi connectivity index (χ1n) is 21.5. The Morgan fingerprint density at radius 3 is 1.49 bits per heavy atom. The minimum absolute atomic E-state index is 0.852. The minimum atomic E-state index is 0.852. The molecule has 0 unspecified atom stereocenters. The number of aromatic nitrogens is 1. The number of anilines is 3. The van der Waals surface area contributed by atoms with Crippen LogP contribution in [0.2, 0.25) is 0 Å². The van der Waals surface area contributed by atoms with E-state index in [1.807, 2.05) is 6.07 Å². The first kappa shape index (κ1) is 36.5. The van der Waals surface area contributed by atoms with Crippen LogP contribution in [-0.4, -0.2) is 4.57 Å². The van der Waals surface area contributed by atoms with Gasteiger partial charge in [0.2, 0.25) is 0 Å². The molecule has 0 aliphatic heterocycles. The molecule has 0 radical (unpaired) electrons. The van der Waals surface area contributed by atoms with Crippen LogP contribution < -0.4 is 4.90 Å². The van der Waals surface area contributed by atoms with Crippen molar-refractivity contribution in [3.63, 3.8) is 0 Å². The molecule has 0 aliphatic rings. The number of benzene rings is 10. The second kappa shape index (κ2) is 15.3. The van der Waals surface area contributed by atoms with Crippen molar-refractivity contribution in [2.24, 2.45) is 0 Å². The maximum Gasteiger partial charge on any atom is 0.137 e. The highest BCUT2D eigenvalue weighted by molar-refractivity contribution is 6.14. The van der Waals surface area contributed by atoms with Crippen molar-refractivity contribution in [2.45, 2.75) is 0 Å². The van der Waals surface area contributed by atoms with Crippen LogP contribution in [0.3, 0.4) is 0 Å². The van der Waals surface area contributed by atoms with Gasteiger partial charge in [0, 0.05) is 33.0 Å². The number of nitrogens with zero attached hydrogens (tertiary/aromatic N) is 2. The number of hydrogen-bond donors (Lipinski definition) is 0. The molecule has 12 rings (SSSR count). The summed E-state index contributed by atoms with van der Waals surface area (Å²) in [6.07, 6.45) is 0. The average Bonchev–Trinajstić information content (AvgIpc) is 3.91. The number of para-hydroxylation sites is 5. The molecule has 0 aliphatic carbocycles. The predicted molar refractivity (Wildman–Crippen MR) is 264 cm³/mol. The van der Waals surface area contributed by atoms with Crippen molar-refractivity contribution in [1.29, 1.82) is 0 Å². The van der Waals surface area contributed by atoms with Crippen LogP contribution in [0.1, 0.15) is 0 Å². The van der Waals surface area contributed by atoms with Crippen LogP contribution in [0.4, 0.5) is 17.1 Å². The van der Waals surface area contributed by atoms with Gasteiger partial charge in [-0.05, 0) is 88.0 Å². The molecule has 0 bridgehead atoms. The fourth-order valence-electron chi connectivity index (χ4n) is 9.67. The lowest BCUT2D eigenvalue weighted by Crippen LogP contribution is -2.12. The highest BCUT2D eigenvalue weighted by atomic mass is 16.3. The molecule has 0 N–H and O–H groups in total. The van der Waals surface area contributed by atoms with Gasteiger partial charge in [-0.1, -0.05) is 188 Å². The fraction of sp³-hybridized carbons (Fsp3) is 0. The highest BCUT2D eigenvalue weighted by Crippen LogP contribution is 2.48. The van der Waals surface area contributed by atoms with E-state index < -0.39 is 0 Å². The van der Waals surface area contributed by atoms with Crippen LogP contribution in [-0.2, 0) is 0 Å². The summed E-state index contributed by atoms with van der Waals surface area (Å²) in [5.41, 5.74) is 17.7. The van der Waals surface area contributed by atoms with Crippen LogP contribution in [0.5, 0.6) is 0 Å². The van der Waals surface area contributed by atoms with E-state index in [4.69, 9.17) is 4.42 Å². The molecule has 296 valence electrons. The lowest BCUT2D eigenvalue weighted by atomic mass is 9.88. The summed E-state index contributed by atoms with van der Waals surface area (Å²) in [6.45, 7) is 0. The summed E-state index contributed by atoms with van der Waals surface area (Å²) >= 11 is 0. The summed E-state index contributed by atoms with van der Waals surface area (Å²) in [7, 11) is 0. The smallest absolute Gasteiger partial charge is 0.137 e. The van der Waals surface area contributed by atoms with Crippen molar-refractivity contribution >= 4 is 60.8 Å². The summed E-state index contributed by atoms with van der Waals surface area (Å²) < 4.78 is 8.93. The van der Waals surface area contributed by atoms with E-state index in [9.17, 15) is 0 Å². The van der Waals surface area contributed by atoms with Gasteiger partial charge >= 0.3 is 0 Å². The number of rotatable bonds is 8. The Morgan fingerprint density at radius 2 is 0.778 bits per heavy atom. The lowest BCUT2D eigenvalue weighted by molar-refractivity contribution is 0.669. The quantitative estimate of drug-likeness (QED) is 0.153. The number of hydrogen-bond acceptors (Lipinski definition) is 2. The zero-order valence-electron chi connectivity index (χ0n) is 34.4. The molecule has 0 saturated carbocycles. The van der Waals surface area contributed by atoms with Crippen molar-refractivity contribution < 1.29 is 4.42 Å². The van der Waals surface area contributed by atoms with Crippen LogP contribution >= 0.6 is 0 Å². The Bertz CT molecular complexity index is 3580. The standard InChI is InChI=1S/C60H40N2O/c1-2-19-41(20-3-1)44-21-4-5-23-46(44)47-24-6-7-25-48(47)49-26-9-14-31-54(49)61(57-34-18-36-59-60(57)52-29-12-17-35-58(52)63-59)43-39-37-42(38-40-43)45-22-8-13-30-53(45)62-55-32-15-10-27-50(55)51-28-11-16-33-56(51)62/h1-40H. The second-order valence-corrected chi connectivity index (χ2v) is 16.0. The second-order valence-electron chi connectivity index (χ2n) is 16.0. The van der Waals surface area contributed by atoms with Gasteiger partial charge in [0.25, 0.3) is 0 Å². The molecule has 0 amide bonds. The van der Waals surface area contributed by atoms with Crippen molar-refractivity contribution in [3.05, 3.63) is 243 Å². The van der Waals surface area contributed by atoms with Crippen molar-refractivity contribution in [2.75, 3.05) is 4.90 Å². The van der Waals surface area contributed by atoms with E-state index in [0.29, 0.717) is 0 Å². The zero-order valence-corrected chi connectivity index (χ0v) is 34.4. The van der Waals surface area contributed by atoms with Gasteiger partial charge in [0.05, 0.1) is 33.5 Å². The van der Waals surface area contributed by atoms with Crippen LogP contribution in [0.15, 0.2) is 247 Å². The molecule has 3 heteroatoms. The molecule has 0 spiro atoms. The normalized spacial score (nSPS) is 11.5. The molecule has 2 heterocycles. The minimum Gasteiger partial charge on any atom is -0.456 e. The summed E-state index contributed by atoms with van der Waals surface area (Å²) in [4.78, 5) is 2.42.